The Morgan fingerprint density at radius 1 is 1.30 bits per heavy atom. The molecule has 2 N–H and O–H groups in total. The summed E-state index contributed by atoms with van der Waals surface area (Å²) in [5.41, 5.74) is 0.196. The first-order valence-corrected chi connectivity index (χ1v) is 6.93. The van der Waals surface area contributed by atoms with Crippen molar-refractivity contribution in [1.29, 1.82) is 0 Å². The molecule has 2 aromatic rings. The first-order valence-electron chi connectivity index (χ1n) is 6.93. The Balaban J connectivity index is 1.98. The van der Waals surface area contributed by atoms with Crippen LogP contribution >= 0.6 is 0 Å². The predicted molar refractivity (Wildman–Crippen MR) is 79.1 cm³/mol. The van der Waals surface area contributed by atoms with Gasteiger partial charge >= 0.3 is 5.69 Å². The van der Waals surface area contributed by atoms with Crippen LogP contribution in [0.15, 0.2) is 16.9 Å². The van der Waals surface area contributed by atoms with Crippen molar-refractivity contribution in [3.63, 3.8) is 0 Å². The Hall–Kier alpha value is -1.89. The van der Waals surface area contributed by atoms with E-state index in [1.54, 1.807) is 6.07 Å². The fourth-order valence-corrected chi connectivity index (χ4v) is 2.32. The molecule has 7 heteroatoms. The van der Waals surface area contributed by atoms with Gasteiger partial charge in [0.25, 0.3) is 0 Å². The zero-order chi connectivity index (χ0) is 14.7. The maximum absolute atomic E-state index is 11.4. The van der Waals surface area contributed by atoms with Gasteiger partial charge in [0, 0.05) is 25.2 Å². The van der Waals surface area contributed by atoms with E-state index < -0.39 is 0 Å². The number of fused-ring (bicyclic) bond motifs is 1. The molecular weight excluding hydrogens is 256 g/mol. The minimum atomic E-state index is -0.324. The van der Waals surface area contributed by atoms with Crippen LogP contribution < -0.4 is 11.0 Å². The van der Waals surface area contributed by atoms with Crippen LogP contribution in [0.5, 0.6) is 0 Å². The number of aromatic nitrogens is 4. The quantitative estimate of drug-likeness (QED) is 0.822. The van der Waals surface area contributed by atoms with Crippen LogP contribution in [0.4, 0.5) is 5.82 Å². The average Bonchev–Trinajstić information content (AvgIpc) is 2.75. The van der Waals surface area contributed by atoms with Gasteiger partial charge in [-0.1, -0.05) is 0 Å². The van der Waals surface area contributed by atoms with Gasteiger partial charge in [0.2, 0.25) is 0 Å². The zero-order valence-corrected chi connectivity index (χ0v) is 12.4. The second kappa shape index (κ2) is 6.04. The average molecular weight is 278 g/mol. The fourth-order valence-electron chi connectivity index (χ4n) is 2.32. The van der Waals surface area contributed by atoms with E-state index in [0.29, 0.717) is 23.5 Å². The number of rotatable bonds is 6. The lowest BCUT2D eigenvalue weighted by Crippen LogP contribution is -2.40. The SMILES string of the molecule is CC(C)N(CCNc1ccc2n[nH]c(=O)n2n1)C(C)C. The minimum absolute atomic E-state index is 0.324. The van der Waals surface area contributed by atoms with Crippen molar-refractivity contribution in [1.82, 2.24) is 24.7 Å². The lowest BCUT2D eigenvalue weighted by atomic mass is 10.2. The molecule has 2 aromatic heterocycles. The van der Waals surface area contributed by atoms with E-state index in [0.717, 1.165) is 13.1 Å². The lowest BCUT2D eigenvalue weighted by Gasteiger charge is -2.30. The van der Waals surface area contributed by atoms with E-state index in [-0.39, 0.29) is 5.69 Å². The maximum atomic E-state index is 11.4. The highest BCUT2D eigenvalue weighted by Crippen LogP contribution is 2.06. The lowest BCUT2D eigenvalue weighted by molar-refractivity contribution is 0.182. The smallest absolute Gasteiger partial charge is 0.364 e. The van der Waals surface area contributed by atoms with Crippen molar-refractivity contribution in [3.8, 4) is 0 Å². The van der Waals surface area contributed by atoms with Crippen LogP contribution in [0.2, 0.25) is 0 Å². The van der Waals surface area contributed by atoms with E-state index in [9.17, 15) is 4.79 Å². The normalized spacial score (nSPS) is 11.9. The van der Waals surface area contributed by atoms with Gasteiger partial charge in [-0.25, -0.2) is 9.89 Å². The Morgan fingerprint density at radius 3 is 2.65 bits per heavy atom. The number of anilines is 1. The van der Waals surface area contributed by atoms with Gasteiger partial charge in [-0.15, -0.1) is 5.10 Å². The van der Waals surface area contributed by atoms with Crippen molar-refractivity contribution in [2.24, 2.45) is 0 Å². The number of hydrogen-bond acceptors (Lipinski definition) is 5. The largest absolute Gasteiger partial charge is 0.367 e. The molecule has 0 saturated heterocycles. The Kier molecular flexibility index (Phi) is 4.39. The van der Waals surface area contributed by atoms with Crippen molar-refractivity contribution < 1.29 is 0 Å². The highest BCUT2D eigenvalue weighted by atomic mass is 16.2. The molecule has 0 radical (unpaired) electrons. The molecule has 0 atom stereocenters. The van der Waals surface area contributed by atoms with Crippen LogP contribution in [0, 0.1) is 0 Å². The van der Waals surface area contributed by atoms with Crippen LogP contribution in [0.1, 0.15) is 27.7 Å². The summed E-state index contributed by atoms with van der Waals surface area (Å²) in [4.78, 5) is 13.8. The number of hydrogen-bond donors (Lipinski definition) is 2. The number of H-pyrrole nitrogens is 1. The molecule has 2 rings (SSSR count). The molecule has 0 bridgehead atoms. The molecule has 0 aromatic carbocycles. The number of nitrogens with one attached hydrogen (secondary N) is 2. The first kappa shape index (κ1) is 14.5. The van der Waals surface area contributed by atoms with Crippen LogP contribution in [-0.2, 0) is 0 Å². The molecule has 0 aliphatic rings. The molecule has 20 heavy (non-hydrogen) atoms. The Labute approximate surface area is 118 Å². The summed E-state index contributed by atoms with van der Waals surface area (Å²) in [5, 5.41) is 13.7. The third-order valence-electron chi connectivity index (χ3n) is 3.28. The molecule has 7 nitrogen and oxygen atoms in total. The second-order valence-electron chi connectivity index (χ2n) is 5.37. The second-order valence-corrected chi connectivity index (χ2v) is 5.37. The molecule has 0 aliphatic carbocycles. The van der Waals surface area contributed by atoms with Gasteiger partial charge < -0.3 is 5.32 Å². The zero-order valence-electron chi connectivity index (χ0n) is 12.4. The maximum Gasteiger partial charge on any atom is 0.364 e. The first-order chi connectivity index (χ1) is 9.49. The summed E-state index contributed by atoms with van der Waals surface area (Å²) in [6, 6.07) is 4.59. The fraction of sp³-hybridized carbons (Fsp3) is 0.615. The monoisotopic (exact) mass is 278 g/mol. The standard InChI is InChI=1S/C13H22N6O/c1-9(2)18(10(3)4)8-7-14-11-5-6-12-15-16-13(20)19(12)17-11/h5-6,9-10H,7-8H2,1-4H3,(H,14,17)(H,16,20). The van der Waals surface area contributed by atoms with Crippen molar-refractivity contribution in [3.05, 3.63) is 22.6 Å². The summed E-state index contributed by atoms with van der Waals surface area (Å²) in [6.45, 7) is 10.5. The molecule has 0 unspecified atom stereocenters. The van der Waals surface area contributed by atoms with Crippen LogP contribution in [-0.4, -0.2) is 49.9 Å². The Morgan fingerprint density at radius 2 is 2.00 bits per heavy atom. The molecule has 0 saturated carbocycles. The van der Waals surface area contributed by atoms with E-state index in [1.807, 2.05) is 6.07 Å². The van der Waals surface area contributed by atoms with E-state index in [4.69, 9.17) is 0 Å². The molecule has 0 spiro atoms. The topological polar surface area (TPSA) is 78.3 Å². The number of nitrogens with zero attached hydrogens (tertiary/aromatic N) is 4. The Bertz CT molecular complexity index is 607. The third-order valence-corrected chi connectivity index (χ3v) is 3.28. The van der Waals surface area contributed by atoms with E-state index in [1.165, 1.54) is 4.52 Å². The number of aromatic amines is 1. The molecule has 110 valence electrons. The highest BCUT2D eigenvalue weighted by molar-refractivity contribution is 5.42. The molecular formula is C13H22N6O. The van der Waals surface area contributed by atoms with Gasteiger partial charge in [0.1, 0.15) is 5.82 Å². The molecule has 2 heterocycles. The van der Waals surface area contributed by atoms with Gasteiger partial charge in [0.15, 0.2) is 5.65 Å². The summed E-state index contributed by atoms with van der Waals surface area (Å²) < 4.78 is 1.25. The summed E-state index contributed by atoms with van der Waals surface area (Å²) >= 11 is 0. The molecule has 0 amide bonds. The van der Waals surface area contributed by atoms with Gasteiger partial charge in [-0.3, -0.25) is 4.90 Å². The third kappa shape index (κ3) is 3.16. The molecule has 0 aliphatic heterocycles. The predicted octanol–water partition coefficient (Wildman–Crippen LogP) is 0.948. The summed E-state index contributed by atoms with van der Waals surface area (Å²) in [5.74, 6) is 0.675. The van der Waals surface area contributed by atoms with E-state index in [2.05, 4.69) is 53.2 Å². The van der Waals surface area contributed by atoms with Crippen molar-refractivity contribution >= 4 is 11.5 Å². The summed E-state index contributed by atoms with van der Waals surface area (Å²) in [7, 11) is 0. The van der Waals surface area contributed by atoms with Crippen molar-refractivity contribution in [2.45, 2.75) is 39.8 Å². The molecule has 0 fully saturated rings. The van der Waals surface area contributed by atoms with Gasteiger partial charge in [-0.2, -0.15) is 9.61 Å². The minimum Gasteiger partial charge on any atom is -0.367 e. The van der Waals surface area contributed by atoms with E-state index >= 15 is 0 Å². The van der Waals surface area contributed by atoms with Gasteiger partial charge in [-0.05, 0) is 39.8 Å². The van der Waals surface area contributed by atoms with Crippen molar-refractivity contribution in [2.75, 3.05) is 18.4 Å². The van der Waals surface area contributed by atoms with Crippen LogP contribution in [0.3, 0.4) is 0 Å². The highest BCUT2D eigenvalue weighted by Gasteiger charge is 2.12. The van der Waals surface area contributed by atoms with Crippen LogP contribution in [0.25, 0.3) is 5.65 Å². The summed E-state index contributed by atoms with van der Waals surface area (Å²) in [6.07, 6.45) is 0. The van der Waals surface area contributed by atoms with Gasteiger partial charge in [0.05, 0.1) is 0 Å².